The maximum Gasteiger partial charge on any atom is 0.244 e. The molecule has 0 saturated heterocycles. The van der Waals surface area contributed by atoms with Gasteiger partial charge in [0.05, 0.1) is 12.0 Å². The molecule has 1 N–H and O–H groups in total. The average molecular weight is 340 g/mol. The van der Waals surface area contributed by atoms with E-state index >= 15 is 0 Å². The Morgan fingerprint density at radius 3 is 2.62 bits per heavy atom. The van der Waals surface area contributed by atoms with E-state index in [1.807, 2.05) is 6.07 Å². The number of aromatic nitrogens is 2. The summed E-state index contributed by atoms with van der Waals surface area (Å²) >= 11 is 6.02. The first-order valence-corrected chi connectivity index (χ1v) is 7.66. The standard InChI is InChI=1S/C18H14ClN3O2/c19-14-6-7-16(21-17(23)11-22-9-8-20-12-22)15(10-14)18(24)13-4-2-1-3-5-13/h1-10,12H,11H2,(H,21,23). The number of halogens is 1. The van der Waals surface area contributed by atoms with Crippen molar-refractivity contribution in [2.45, 2.75) is 6.54 Å². The number of ketones is 1. The van der Waals surface area contributed by atoms with Crippen molar-refractivity contribution in [2.75, 3.05) is 5.32 Å². The highest BCUT2D eigenvalue weighted by molar-refractivity contribution is 6.31. The first-order chi connectivity index (χ1) is 11.6. The van der Waals surface area contributed by atoms with Crippen molar-refractivity contribution < 1.29 is 9.59 Å². The molecule has 5 nitrogen and oxygen atoms in total. The smallest absolute Gasteiger partial charge is 0.244 e. The average Bonchev–Trinajstić information content (AvgIpc) is 3.09. The normalized spacial score (nSPS) is 10.4. The molecule has 0 spiro atoms. The minimum absolute atomic E-state index is 0.113. The fraction of sp³-hybridized carbons (Fsp3) is 0.0556. The van der Waals surface area contributed by atoms with Crippen LogP contribution in [0.3, 0.4) is 0 Å². The molecule has 0 aliphatic heterocycles. The molecule has 0 aliphatic rings. The third-order valence-corrected chi connectivity index (χ3v) is 3.66. The van der Waals surface area contributed by atoms with Gasteiger partial charge in [0.15, 0.2) is 5.78 Å². The number of hydrogen-bond acceptors (Lipinski definition) is 3. The zero-order valence-corrected chi connectivity index (χ0v) is 13.4. The molecule has 3 aromatic rings. The van der Waals surface area contributed by atoms with Crippen molar-refractivity contribution in [3.8, 4) is 0 Å². The number of nitrogens with zero attached hydrogens (tertiary/aromatic N) is 2. The molecule has 1 amide bonds. The molecule has 6 heteroatoms. The summed E-state index contributed by atoms with van der Waals surface area (Å²) in [6.45, 7) is 0.113. The van der Waals surface area contributed by atoms with Crippen molar-refractivity contribution in [1.29, 1.82) is 0 Å². The molecule has 0 bridgehead atoms. The second kappa shape index (κ2) is 7.10. The van der Waals surface area contributed by atoms with Gasteiger partial charge < -0.3 is 9.88 Å². The van der Waals surface area contributed by atoms with Gasteiger partial charge in [0.2, 0.25) is 5.91 Å². The van der Waals surface area contributed by atoms with E-state index in [1.165, 1.54) is 0 Å². The van der Waals surface area contributed by atoms with E-state index in [1.54, 1.807) is 65.8 Å². The Morgan fingerprint density at radius 1 is 1.12 bits per heavy atom. The van der Waals surface area contributed by atoms with Crippen LogP contribution in [0, 0.1) is 0 Å². The number of benzene rings is 2. The Bertz CT molecular complexity index is 861. The van der Waals surface area contributed by atoms with Gasteiger partial charge in [-0.05, 0) is 18.2 Å². The van der Waals surface area contributed by atoms with Crippen molar-refractivity contribution in [3.05, 3.63) is 83.4 Å². The van der Waals surface area contributed by atoms with Gasteiger partial charge in [-0.3, -0.25) is 9.59 Å². The summed E-state index contributed by atoms with van der Waals surface area (Å²) in [4.78, 5) is 28.8. The molecular weight excluding hydrogens is 326 g/mol. The van der Waals surface area contributed by atoms with Crippen LogP contribution in [-0.4, -0.2) is 21.2 Å². The Morgan fingerprint density at radius 2 is 1.92 bits per heavy atom. The molecule has 0 aliphatic carbocycles. The van der Waals surface area contributed by atoms with Gasteiger partial charge in [0.1, 0.15) is 6.54 Å². The van der Waals surface area contributed by atoms with Gasteiger partial charge in [-0.2, -0.15) is 0 Å². The van der Waals surface area contributed by atoms with E-state index in [9.17, 15) is 9.59 Å². The molecule has 24 heavy (non-hydrogen) atoms. The van der Waals surface area contributed by atoms with Gasteiger partial charge in [0, 0.05) is 28.5 Å². The van der Waals surface area contributed by atoms with E-state index in [4.69, 9.17) is 11.6 Å². The number of carbonyl (C=O) groups is 2. The second-order valence-electron chi connectivity index (χ2n) is 5.17. The summed E-state index contributed by atoms with van der Waals surface area (Å²) in [7, 11) is 0. The predicted octanol–water partition coefficient (Wildman–Crippen LogP) is 3.41. The highest BCUT2D eigenvalue weighted by atomic mass is 35.5. The van der Waals surface area contributed by atoms with Crippen molar-refractivity contribution in [3.63, 3.8) is 0 Å². The van der Waals surface area contributed by atoms with Gasteiger partial charge in [-0.1, -0.05) is 41.9 Å². The number of rotatable bonds is 5. The summed E-state index contributed by atoms with van der Waals surface area (Å²) in [5.41, 5.74) is 1.32. The van der Waals surface area contributed by atoms with Crippen molar-refractivity contribution >= 4 is 29.0 Å². The SMILES string of the molecule is O=C(Cn1ccnc1)Nc1ccc(Cl)cc1C(=O)c1ccccc1. The lowest BCUT2D eigenvalue weighted by atomic mass is 10.0. The fourth-order valence-corrected chi connectivity index (χ4v) is 2.47. The summed E-state index contributed by atoms with van der Waals surface area (Å²) in [5.74, 6) is -0.450. The van der Waals surface area contributed by atoms with E-state index in [0.717, 1.165) is 0 Å². The van der Waals surface area contributed by atoms with Crippen LogP contribution < -0.4 is 5.32 Å². The summed E-state index contributed by atoms with van der Waals surface area (Å²) in [6.07, 6.45) is 4.84. The molecule has 0 atom stereocenters. The van der Waals surface area contributed by atoms with E-state index in [-0.39, 0.29) is 18.2 Å². The third-order valence-electron chi connectivity index (χ3n) is 3.42. The second-order valence-corrected chi connectivity index (χ2v) is 5.60. The Hall–Kier alpha value is -2.92. The summed E-state index contributed by atoms with van der Waals surface area (Å²) in [5, 5.41) is 3.19. The monoisotopic (exact) mass is 339 g/mol. The lowest BCUT2D eigenvalue weighted by Gasteiger charge is -2.11. The zero-order valence-electron chi connectivity index (χ0n) is 12.6. The van der Waals surface area contributed by atoms with Crippen molar-refractivity contribution in [1.82, 2.24) is 9.55 Å². The van der Waals surface area contributed by atoms with Crippen LogP contribution in [0.4, 0.5) is 5.69 Å². The lowest BCUT2D eigenvalue weighted by molar-refractivity contribution is -0.116. The van der Waals surface area contributed by atoms with Crippen LogP contribution in [0.2, 0.25) is 5.02 Å². The number of amides is 1. The highest BCUT2D eigenvalue weighted by Crippen LogP contribution is 2.23. The quantitative estimate of drug-likeness (QED) is 0.724. The maximum atomic E-state index is 12.7. The fourth-order valence-electron chi connectivity index (χ4n) is 2.29. The molecule has 2 aromatic carbocycles. The summed E-state index contributed by atoms with van der Waals surface area (Å²) in [6, 6.07) is 13.7. The van der Waals surface area contributed by atoms with Crippen molar-refractivity contribution in [2.24, 2.45) is 0 Å². The minimum atomic E-state index is -0.252. The van der Waals surface area contributed by atoms with Gasteiger partial charge in [0.25, 0.3) is 0 Å². The number of carbonyl (C=O) groups excluding carboxylic acids is 2. The topological polar surface area (TPSA) is 64.0 Å². The number of anilines is 1. The van der Waals surface area contributed by atoms with Crippen LogP contribution in [-0.2, 0) is 11.3 Å². The largest absolute Gasteiger partial charge is 0.328 e. The van der Waals surface area contributed by atoms with Gasteiger partial charge in [-0.25, -0.2) is 4.98 Å². The van der Waals surface area contributed by atoms with E-state index in [2.05, 4.69) is 10.3 Å². The molecule has 0 radical (unpaired) electrons. The van der Waals surface area contributed by atoms with E-state index in [0.29, 0.717) is 21.8 Å². The minimum Gasteiger partial charge on any atom is -0.328 e. The molecule has 1 aromatic heterocycles. The lowest BCUT2D eigenvalue weighted by Crippen LogP contribution is -2.19. The van der Waals surface area contributed by atoms with Gasteiger partial charge in [-0.15, -0.1) is 0 Å². The molecule has 0 saturated carbocycles. The Labute approximate surface area is 143 Å². The Balaban J connectivity index is 1.86. The molecule has 1 heterocycles. The van der Waals surface area contributed by atoms with Crippen LogP contribution in [0.1, 0.15) is 15.9 Å². The predicted molar refractivity (Wildman–Crippen MR) is 92.2 cm³/mol. The van der Waals surface area contributed by atoms with E-state index < -0.39 is 0 Å². The molecule has 120 valence electrons. The van der Waals surface area contributed by atoms with Crippen LogP contribution in [0.15, 0.2) is 67.3 Å². The third kappa shape index (κ3) is 3.70. The number of imidazole rings is 1. The van der Waals surface area contributed by atoms with Crippen LogP contribution >= 0.6 is 11.6 Å². The number of nitrogens with one attached hydrogen (secondary N) is 1. The van der Waals surface area contributed by atoms with Crippen LogP contribution in [0.5, 0.6) is 0 Å². The zero-order chi connectivity index (χ0) is 16.9. The maximum absolute atomic E-state index is 12.7. The Kier molecular flexibility index (Phi) is 4.72. The molecular formula is C18H14ClN3O2. The molecule has 0 fully saturated rings. The van der Waals surface area contributed by atoms with Crippen LogP contribution in [0.25, 0.3) is 0 Å². The summed E-state index contributed by atoms with van der Waals surface area (Å²) < 4.78 is 1.64. The molecule has 0 unspecified atom stereocenters. The van der Waals surface area contributed by atoms with Gasteiger partial charge >= 0.3 is 0 Å². The first kappa shape index (κ1) is 16.0. The number of hydrogen-bond donors (Lipinski definition) is 1. The first-order valence-electron chi connectivity index (χ1n) is 7.28. The highest BCUT2D eigenvalue weighted by Gasteiger charge is 2.16. The molecule has 3 rings (SSSR count).